The maximum absolute atomic E-state index is 9.60. The zero-order valence-electron chi connectivity index (χ0n) is 10.0. The van der Waals surface area contributed by atoms with Crippen molar-refractivity contribution in [1.29, 1.82) is 0 Å². The molecular formula is C13H18ClNO2. The minimum Gasteiger partial charge on any atom is -0.496 e. The smallest absolute Gasteiger partial charge is 0.122 e. The molecule has 4 heteroatoms. The fourth-order valence-electron chi connectivity index (χ4n) is 2.43. The zero-order valence-corrected chi connectivity index (χ0v) is 10.8. The van der Waals surface area contributed by atoms with Gasteiger partial charge in [-0.2, -0.15) is 0 Å². The molecule has 1 aromatic rings. The molecule has 1 unspecified atom stereocenters. The molecule has 2 N–H and O–H groups in total. The topological polar surface area (TPSA) is 41.5 Å². The van der Waals surface area contributed by atoms with Crippen LogP contribution in [0.5, 0.6) is 5.75 Å². The third kappa shape index (κ3) is 2.73. The number of nitrogens with one attached hydrogen (secondary N) is 1. The monoisotopic (exact) mass is 255 g/mol. The summed E-state index contributed by atoms with van der Waals surface area (Å²) < 4.78 is 5.34. The third-order valence-corrected chi connectivity index (χ3v) is 3.71. The van der Waals surface area contributed by atoms with Gasteiger partial charge in [-0.1, -0.05) is 11.6 Å². The molecule has 0 amide bonds. The second-order valence-electron chi connectivity index (χ2n) is 4.72. The lowest BCUT2D eigenvalue weighted by Crippen LogP contribution is -2.30. The number of aliphatic hydroxyl groups is 1. The van der Waals surface area contributed by atoms with Crippen molar-refractivity contribution < 1.29 is 9.84 Å². The van der Waals surface area contributed by atoms with Crippen molar-refractivity contribution in [1.82, 2.24) is 5.32 Å². The van der Waals surface area contributed by atoms with E-state index in [1.165, 1.54) is 0 Å². The summed E-state index contributed by atoms with van der Waals surface area (Å²) in [6.07, 6.45) is 1.78. The van der Waals surface area contributed by atoms with Gasteiger partial charge in [-0.05, 0) is 43.1 Å². The van der Waals surface area contributed by atoms with E-state index in [9.17, 15) is 5.11 Å². The highest BCUT2D eigenvalue weighted by molar-refractivity contribution is 6.30. The Morgan fingerprint density at radius 1 is 1.53 bits per heavy atom. The van der Waals surface area contributed by atoms with E-state index in [1.54, 1.807) is 7.11 Å². The molecule has 94 valence electrons. The molecule has 1 atom stereocenters. The highest BCUT2D eigenvalue weighted by atomic mass is 35.5. The van der Waals surface area contributed by atoms with E-state index >= 15 is 0 Å². The second-order valence-corrected chi connectivity index (χ2v) is 5.15. The number of hydrogen-bond acceptors (Lipinski definition) is 3. The maximum Gasteiger partial charge on any atom is 0.122 e. The fourth-order valence-corrected chi connectivity index (χ4v) is 2.62. The van der Waals surface area contributed by atoms with E-state index < -0.39 is 0 Å². The van der Waals surface area contributed by atoms with Gasteiger partial charge in [0.1, 0.15) is 5.75 Å². The highest BCUT2D eigenvalue weighted by Crippen LogP contribution is 2.34. The van der Waals surface area contributed by atoms with E-state index in [0.29, 0.717) is 5.02 Å². The van der Waals surface area contributed by atoms with Gasteiger partial charge in [0, 0.05) is 17.0 Å². The van der Waals surface area contributed by atoms with Crippen LogP contribution >= 0.6 is 11.6 Å². The largest absolute Gasteiger partial charge is 0.496 e. The van der Waals surface area contributed by atoms with Gasteiger partial charge in [0.05, 0.1) is 13.7 Å². The molecule has 2 rings (SSSR count). The van der Waals surface area contributed by atoms with Crippen LogP contribution in [0.3, 0.4) is 0 Å². The van der Waals surface area contributed by atoms with E-state index in [2.05, 4.69) is 5.32 Å². The Labute approximate surface area is 107 Å². The Morgan fingerprint density at radius 3 is 2.94 bits per heavy atom. The summed E-state index contributed by atoms with van der Waals surface area (Å²) >= 11 is 6.01. The minimum absolute atomic E-state index is 0.0715. The fraction of sp³-hybridized carbons (Fsp3) is 0.538. The average molecular weight is 256 g/mol. The van der Waals surface area contributed by atoms with E-state index in [-0.39, 0.29) is 12.0 Å². The Kier molecular flexibility index (Phi) is 3.92. The summed E-state index contributed by atoms with van der Waals surface area (Å²) in [6, 6.07) is 5.63. The number of methoxy groups -OCH3 is 1. The molecule has 0 aliphatic carbocycles. The molecule has 1 fully saturated rings. The lowest BCUT2D eigenvalue weighted by Gasteiger charge is -2.26. The number of rotatable bonds is 4. The van der Waals surface area contributed by atoms with Crippen molar-refractivity contribution in [3.8, 4) is 5.75 Å². The number of hydrogen-bond donors (Lipinski definition) is 2. The molecule has 0 spiro atoms. The highest BCUT2D eigenvalue weighted by Gasteiger charge is 2.34. The number of halogens is 1. The average Bonchev–Trinajstić information content (AvgIpc) is 2.79. The van der Waals surface area contributed by atoms with Crippen LogP contribution < -0.4 is 10.1 Å². The molecule has 0 bridgehead atoms. The molecule has 1 saturated heterocycles. The quantitative estimate of drug-likeness (QED) is 0.863. The molecule has 1 aliphatic rings. The van der Waals surface area contributed by atoms with Crippen molar-refractivity contribution in [2.75, 3.05) is 26.8 Å². The first-order chi connectivity index (χ1) is 8.19. The summed E-state index contributed by atoms with van der Waals surface area (Å²) in [5, 5.41) is 13.6. The van der Waals surface area contributed by atoms with Crippen LogP contribution in [0.2, 0.25) is 5.02 Å². The van der Waals surface area contributed by atoms with Gasteiger partial charge in [-0.25, -0.2) is 0 Å². The van der Waals surface area contributed by atoms with Crippen LogP contribution in [0.15, 0.2) is 18.2 Å². The Hall–Kier alpha value is -0.770. The zero-order chi connectivity index (χ0) is 12.3. The molecule has 1 aliphatic heterocycles. The Morgan fingerprint density at radius 2 is 2.35 bits per heavy atom. The van der Waals surface area contributed by atoms with Gasteiger partial charge in [0.25, 0.3) is 0 Å². The van der Waals surface area contributed by atoms with Crippen molar-refractivity contribution in [3.05, 3.63) is 28.8 Å². The minimum atomic E-state index is -0.0715. The van der Waals surface area contributed by atoms with Gasteiger partial charge in [-0.15, -0.1) is 0 Å². The predicted molar refractivity (Wildman–Crippen MR) is 68.7 cm³/mol. The van der Waals surface area contributed by atoms with Crippen molar-refractivity contribution in [2.24, 2.45) is 5.41 Å². The van der Waals surface area contributed by atoms with Gasteiger partial charge in [0.15, 0.2) is 0 Å². The van der Waals surface area contributed by atoms with Gasteiger partial charge < -0.3 is 15.2 Å². The lowest BCUT2D eigenvalue weighted by atomic mass is 9.81. The first-order valence-corrected chi connectivity index (χ1v) is 6.21. The van der Waals surface area contributed by atoms with Crippen LogP contribution in [-0.4, -0.2) is 31.9 Å². The predicted octanol–water partition coefficient (Wildman–Crippen LogP) is 1.86. The number of benzene rings is 1. The van der Waals surface area contributed by atoms with E-state index in [0.717, 1.165) is 37.2 Å². The van der Waals surface area contributed by atoms with Gasteiger partial charge in [0.2, 0.25) is 0 Å². The van der Waals surface area contributed by atoms with Gasteiger partial charge in [-0.3, -0.25) is 0 Å². The first kappa shape index (κ1) is 12.7. The summed E-state index contributed by atoms with van der Waals surface area (Å²) in [6.45, 7) is 2.00. The lowest BCUT2D eigenvalue weighted by molar-refractivity contribution is 0.142. The molecule has 0 aromatic heterocycles. The van der Waals surface area contributed by atoms with E-state index in [1.807, 2.05) is 18.2 Å². The molecule has 3 nitrogen and oxygen atoms in total. The summed E-state index contributed by atoms with van der Waals surface area (Å²) in [5.41, 5.74) is 0.996. The van der Waals surface area contributed by atoms with Gasteiger partial charge >= 0.3 is 0 Å². The first-order valence-electron chi connectivity index (χ1n) is 5.83. The van der Waals surface area contributed by atoms with Crippen LogP contribution in [0.4, 0.5) is 0 Å². The third-order valence-electron chi connectivity index (χ3n) is 3.48. The Bertz CT molecular complexity index is 389. The molecule has 0 radical (unpaired) electrons. The van der Waals surface area contributed by atoms with Crippen LogP contribution in [0.25, 0.3) is 0 Å². The van der Waals surface area contributed by atoms with Crippen LogP contribution in [-0.2, 0) is 6.42 Å². The van der Waals surface area contributed by atoms with E-state index in [4.69, 9.17) is 16.3 Å². The van der Waals surface area contributed by atoms with Crippen molar-refractivity contribution in [3.63, 3.8) is 0 Å². The van der Waals surface area contributed by atoms with Crippen LogP contribution in [0, 0.1) is 5.41 Å². The maximum atomic E-state index is 9.60. The second kappa shape index (κ2) is 5.25. The molecule has 1 heterocycles. The normalized spacial score (nSPS) is 23.9. The number of ether oxygens (including phenoxy) is 1. The summed E-state index contributed by atoms with van der Waals surface area (Å²) in [5.74, 6) is 0.842. The SMILES string of the molecule is COc1ccc(Cl)cc1CC1(CO)CCNC1. The number of aliphatic hydroxyl groups excluding tert-OH is 1. The summed E-state index contributed by atoms with van der Waals surface area (Å²) in [4.78, 5) is 0. The van der Waals surface area contributed by atoms with Crippen LogP contribution in [0.1, 0.15) is 12.0 Å². The van der Waals surface area contributed by atoms with Crippen molar-refractivity contribution in [2.45, 2.75) is 12.8 Å². The Balaban J connectivity index is 2.24. The molecule has 0 saturated carbocycles. The summed E-state index contributed by atoms with van der Waals surface area (Å²) in [7, 11) is 1.66. The van der Waals surface area contributed by atoms with Crippen molar-refractivity contribution >= 4 is 11.6 Å². The molecule has 1 aromatic carbocycles. The molecule has 17 heavy (non-hydrogen) atoms. The standard InChI is InChI=1S/C13H18ClNO2/c1-17-12-3-2-11(14)6-10(12)7-13(9-16)4-5-15-8-13/h2-3,6,15-16H,4-5,7-9H2,1H3. The molecular weight excluding hydrogens is 238 g/mol.